The van der Waals surface area contributed by atoms with Crippen LogP contribution in [0.15, 0.2) is 24.3 Å². The zero-order valence-electron chi connectivity index (χ0n) is 8.90. The van der Waals surface area contributed by atoms with Gasteiger partial charge in [-0.1, -0.05) is 30.7 Å². The molecule has 1 heterocycles. The van der Waals surface area contributed by atoms with Gasteiger partial charge in [-0.2, -0.15) is 0 Å². The smallest absolute Gasteiger partial charge is 0.225 e. The predicted molar refractivity (Wildman–Crippen MR) is 61.0 cm³/mol. The third-order valence-electron chi connectivity index (χ3n) is 3.14. The van der Waals surface area contributed by atoms with Crippen molar-refractivity contribution < 1.29 is 4.79 Å². The van der Waals surface area contributed by atoms with Crippen LogP contribution < -0.4 is 0 Å². The lowest BCUT2D eigenvalue weighted by molar-refractivity contribution is -0.129. The molecule has 0 bridgehead atoms. The molecule has 1 aliphatic rings. The topological polar surface area (TPSA) is 20.3 Å². The number of hydrogen-bond donors (Lipinski definition) is 0. The molecular weight excluding hydrogens is 210 g/mol. The Balaban J connectivity index is 2.25. The highest BCUT2D eigenvalue weighted by atomic mass is 35.5. The second-order valence-electron chi connectivity index (χ2n) is 4.17. The summed E-state index contributed by atoms with van der Waals surface area (Å²) < 4.78 is 0. The number of nitrogens with zero attached hydrogens (tertiary/aromatic N) is 1. The zero-order valence-corrected chi connectivity index (χ0v) is 9.66. The van der Waals surface area contributed by atoms with Gasteiger partial charge >= 0.3 is 0 Å². The number of carbonyl (C=O) groups excluding carboxylic acids is 1. The molecule has 2 unspecified atom stereocenters. The fourth-order valence-corrected chi connectivity index (χ4v) is 2.29. The van der Waals surface area contributed by atoms with Gasteiger partial charge in [0, 0.05) is 30.5 Å². The molecule has 1 saturated heterocycles. The van der Waals surface area contributed by atoms with Gasteiger partial charge in [-0.15, -0.1) is 0 Å². The van der Waals surface area contributed by atoms with Crippen LogP contribution >= 0.6 is 11.6 Å². The Morgan fingerprint density at radius 3 is 2.40 bits per heavy atom. The number of likely N-dealkylation sites (N-methyl/N-ethyl adjacent to an activating group) is 1. The molecule has 0 saturated carbocycles. The van der Waals surface area contributed by atoms with Crippen LogP contribution in [0.25, 0.3) is 0 Å². The second kappa shape index (κ2) is 3.86. The minimum Gasteiger partial charge on any atom is -0.345 e. The Morgan fingerprint density at radius 2 is 1.93 bits per heavy atom. The summed E-state index contributed by atoms with van der Waals surface area (Å²) in [6.45, 7) is 2.80. The van der Waals surface area contributed by atoms with Crippen molar-refractivity contribution in [2.75, 3.05) is 13.6 Å². The molecule has 0 N–H and O–H groups in total. The number of hydrogen-bond acceptors (Lipinski definition) is 1. The lowest BCUT2D eigenvalue weighted by Gasteiger charge is -2.12. The Morgan fingerprint density at radius 1 is 1.33 bits per heavy atom. The highest BCUT2D eigenvalue weighted by molar-refractivity contribution is 6.30. The Hall–Kier alpha value is -1.02. The third-order valence-corrected chi connectivity index (χ3v) is 3.39. The molecule has 3 heteroatoms. The standard InChI is InChI=1S/C12H14ClNO/c1-8-11(7-14(2)12(8)15)9-3-5-10(13)6-4-9/h3-6,8,11H,7H2,1-2H3. The molecule has 2 atom stereocenters. The molecule has 0 radical (unpaired) electrons. The van der Waals surface area contributed by atoms with Crippen molar-refractivity contribution in [3.05, 3.63) is 34.9 Å². The molecule has 1 fully saturated rings. The van der Waals surface area contributed by atoms with E-state index in [0.717, 1.165) is 11.6 Å². The van der Waals surface area contributed by atoms with E-state index in [1.807, 2.05) is 38.2 Å². The maximum Gasteiger partial charge on any atom is 0.225 e. The summed E-state index contributed by atoms with van der Waals surface area (Å²) in [7, 11) is 1.86. The molecule has 0 aliphatic carbocycles. The van der Waals surface area contributed by atoms with Crippen LogP contribution in [0.3, 0.4) is 0 Å². The fourth-order valence-electron chi connectivity index (χ4n) is 2.17. The third kappa shape index (κ3) is 1.86. The molecule has 2 nitrogen and oxygen atoms in total. The van der Waals surface area contributed by atoms with Crippen LogP contribution in [0.4, 0.5) is 0 Å². The summed E-state index contributed by atoms with van der Waals surface area (Å²) in [4.78, 5) is 13.5. The van der Waals surface area contributed by atoms with E-state index >= 15 is 0 Å². The summed E-state index contributed by atoms with van der Waals surface area (Å²) in [6.07, 6.45) is 0. The van der Waals surface area contributed by atoms with Gasteiger partial charge in [0.15, 0.2) is 0 Å². The van der Waals surface area contributed by atoms with Crippen molar-refractivity contribution in [1.29, 1.82) is 0 Å². The van der Waals surface area contributed by atoms with Crippen LogP contribution in [0.1, 0.15) is 18.4 Å². The van der Waals surface area contributed by atoms with Gasteiger partial charge in [0.1, 0.15) is 0 Å². The maximum absolute atomic E-state index is 11.7. The highest BCUT2D eigenvalue weighted by Crippen LogP contribution is 2.32. The van der Waals surface area contributed by atoms with Crippen LogP contribution in [0, 0.1) is 5.92 Å². The number of carbonyl (C=O) groups is 1. The van der Waals surface area contributed by atoms with Gasteiger partial charge < -0.3 is 4.90 Å². The van der Waals surface area contributed by atoms with Gasteiger partial charge in [0.25, 0.3) is 0 Å². The van der Waals surface area contributed by atoms with Crippen LogP contribution in [0.5, 0.6) is 0 Å². The first-order valence-electron chi connectivity index (χ1n) is 5.10. The Kier molecular flexibility index (Phi) is 2.70. The van der Waals surface area contributed by atoms with E-state index in [1.54, 1.807) is 4.90 Å². The largest absolute Gasteiger partial charge is 0.345 e. The quantitative estimate of drug-likeness (QED) is 0.717. The van der Waals surface area contributed by atoms with E-state index in [4.69, 9.17) is 11.6 Å². The van der Waals surface area contributed by atoms with E-state index in [-0.39, 0.29) is 11.8 Å². The minimum absolute atomic E-state index is 0.0798. The first-order valence-corrected chi connectivity index (χ1v) is 5.48. The average Bonchev–Trinajstić information content (AvgIpc) is 2.47. The minimum atomic E-state index is 0.0798. The molecule has 80 valence electrons. The van der Waals surface area contributed by atoms with Crippen molar-refractivity contribution in [3.63, 3.8) is 0 Å². The maximum atomic E-state index is 11.7. The number of likely N-dealkylation sites (tertiary alicyclic amines) is 1. The molecule has 1 aromatic carbocycles. The number of rotatable bonds is 1. The SMILES string of the molecule is CC1C(=O)N(C)CC1c1ccc(Cl)cc1. The summed E-state index contributed by atoms with van der Waals surface area (Å²) in [6, 6.07) is 7.78. The van der Waals surface area contributed by atoms with Crippen LogP contribution in [-0.2, 0) is 4.79 Å². The van der Waals surface area contributed by atoms with Crippen molar-refractivity contribution in [1.82, 2.24) is 4.90 Å². The molecule has 2 rings (SSSR count). The molecular formula is C12H14ClNO. The molecule has 1 amide bonds. The molecule has 0 spiro atoms. The van der Waals surface area contributed by atoms with E-state index in [0.29, 0.717) is 5.92 Å². The van der Waals surface area contributed by atoms with Crippen molar-refractivity contribution in [3.8, 4) is 0 Å². The first kappa shape index (κ1) is 10.5. The summed E-state index contributed by atoms with van der Waals surface area (Å²) in [5, 5.41) is 0.740. The summed E-state index contributed by atoms with van der Waals surface area (Å²) in [5.74, 6) is 0.617. The van der Waals surface area contributed by atoms with Gasteiger partial charge in [-0.3, -0.25) is 4.79 Å². The molecule has 15 heavy (non-hydrogen) atoms. The normalized spacial score (nSPS) is 26.1. The predicted octanol–water partition coefficient (Wildman–Crippen LogP) is 2.53. The second-order valence-corrected chi connectivity index (χ2v) is 4.60. The molecule has 1 aliphatic heterocycles. The fraction of sp³-hybridized carbons (Fsp3) is 0.417. The molecule has 0 aromatic heterocycles. The van der Waals surface area contributed by atoms with Gasteiger partial charge in [-0.25, -0.2) is 0 Å². The van der Waals surface area contributed by atoms with E-state index in [9.17, 15) is 4.79 Å². The van der Waals surface area contributed by atoms with Crippen molar-refractivity contribution >= 4 is 17.5 Å². The summed E-state index contributed by atoms with van der Waals surface area (Å²) >= 11 is 5.83. The van der Waals surface area contributed by atoms with Crippen molar-refractivity contribution in [2.24, 2.45) is 5.92 Å². The average molecular weight is 224 g/mol. The van der Waals surface area contributed by atoms with E-state index in [2.05, 4.69) is 0 Å². The highest BCUT2D eigenvalue weighted by Gasteiger charge is 2.35. The first-order chi connectivity index (χ1) is 7.09. The lowest BCUT2D eigenvalue weighted by atomic mass is 9.90. The van der Waals surface area contributed by atoms with Crippen molar-refractivity contribution in [2.45, 2.75) is 12.8 Å². The monoisotopic (exact) mass is 223 g/mol. The zero-order chi connectivity index (χ0) is 11.0. The van der Waals surface area contributed by atoms with Gasteiger partial charge in [0.2, 0.25) is 5.91 Å². The van der Waals surface area contributed by atoms with Crippen LogP contribution in [0.2, 0.25) is 5.02 Å². The molecule has 1 aromatic rings. The van der Waals surface area contributed by atoms with Gasteiger partial charge in [0.05, 0.1) is 0 Å². The summed E-state index contributed by atoms with van der Waals surface area (Å²) in [5.41, 5.74) is 1.20. The number of benzene rings is 1. The number of amides is 1. The van der Waals surface area contributed by atoms with E-state index < -0.39 is 0 Å². The van der Waals surface area contributed by atoms with Crippen LogP contribution in [-0.4, -0.2) is 24.4 Å². The Bertz CT molecular complexity index is 374. The number of halogens is 1. The lowest BCUT2D eigenvalue weighted by Crippen LogP contribution is -2.21. The van der Waals surface area contributed by atoms with Gasteiger partial charge in [-0.05, 0) is 17.7 Å². The Labute approximate surface area is 94.8 Å². The van der Waals surface area contributed by atoms with E-state index in [1.165, 1.54) is 5.56 Å².